The number of hydrogen-bond donors (Lipinski definition) is 3. The summed E-state index contributed by atoms with van der Waals surface area (Å²) >= 11 is 0. The van der Waals surface area contributed by atoms with Gasteiger partial charge in [0.05, 0.1) is 11.1 Å². The molecule has 0 saturated carbocycles. The lowest BCUT2D eigenvalue weighted by atomic mass is 10.2. The maximum absolute atomic E-state index is 11.1. The second-order valence-corrected chi connectivity index (χ2v) is 8.68. The first-order chi connectivity index (χ1) is 13.0. The molecular formula is C16H14N2O8S2. The Hall–Kier alpha value is -3.25. The van der Waals surface area contributed by atoms with Crippen molar-refractivity contribution in [3.05, 3.63) is 59.7 Å². The van der Waals surface area contributed by atoms with Gasteiger partial charge in [-0.2, -0.15) is 0 Å². The number of carboxylic acids is 1. The summed E-state index contributed by atoms with van der Waals surface area (Å²) in [5, 5.41) is 7.42. The van der Waals surface area contributed by atoms with E-state index in [9.17, 15) is 26.4 Å². The molecule has 2 aliphatic heterocycles. The Morgan fingerprint density at radius 2 is 1.04 bits per heavy atom. The average molecular weight is 426 g/mol. The lowest BCUT2D eigenvalue weighted by Gasteiger charge is -1.91. The molecule has 2 aliphatic rings. The minimum Gasteiger partial charge on any atom is -0.481 e. The molecule has 0 fully saturated rings. The molecule has 0 aromatic heterocycles. The van der Waals surface area contributed by atoms with Crippen molar-refractivity contribution in [3.8, 4) is 0 Å². The number of nitrogens with one attached hydrogen (secondary N) is 2. The van der Waals surface area contributed by atoms with Crippen LogP contribution in [-0.2, 0) is 24.8 Å². The second kappa shape index (κ2) is 7.78. The van der Waals surface area contributed by atoms with Gasteiger partial charge in [-0.25, -0.2) is 26.3 Å². The van der Waals surface area contributed by atoms with E-state index >= 15 is 0 Å². The zero-order chi connectivity index (χ0) is 21.1. The molecule has 0 aliphatic carbocycles. The number of carbonyl (C=O) groups is 3. The first kappa shape index (κ1) is 21.1. The van der Waals surface area contributed by atoms with Crippen LogP contribution in [0.15, 0.2) is 58.3 Å². The van der Waals surface area contributed by atoms with Crippen LogP contribution >= 0.6 is 0 Å². The van der Waals surface area contributed by atoms with Gasteiger partial charge in [-0.1, -0.05) is 24.3 Å². The van der Waals surface area contributed by atoms with Crippen LogP contribution in [0.3, 0.4) is 0 Å². The third kappa shape index (κ3) is 4.53. The zero-order valence-electron chi connectivity index (χ0n) is 14.2. The van der Waals surface area contributed by atoms with Crippen molar-refractivity contribution >= 4 is 37.8 Å². The van der Waals surface area contributed by atoms with Gasteiger partial charge in [0.25, 0.3) is 37.8 Å². The number of amides is 2. The lowest BCUT2D eigenvalue weighted by Crippen LogP contribution is -2.20. The number of rotatable bonds is 0. The number of hydrogen-bond acceptors (Lipinski definition) is 7. The van der Waals surface area contributed by atoms with Gasteiger partial charge in [0.2, 0.25) is 0 Å². The van der Waals surface area contributed by atoms with Gasteiger partial charge < -0.3 is 5.11 Å². The highest BCUT2D eigenvalue weighted by molar-refractivity contribution is 7.91. The Labute approximate surface area is 160 Å². The summed E-state index contributed by atoms with van der Waals surface area (Å²) in [7, 11) is -7.11. The van der Waals surface area contributed by atoms with Gasteiger partial charge in [0.1, 0.15) is 9.79 Å². The smallest absolute Gasteiger partial charge is 0.300 e. The lowest BCUT2D eigenvalue weighted by molar-refractivity contribution is -0.134. The number of benzene rings is 2. The van der Waals surface area contributed by atoms with Gasteiger partial charge in [-0.3, -0.25) is 14.4 Å². The minimum atomic E-state index is -3.55. The summed E-state index contributed by atoms with van der Waals surface area (Å²) in [6, 6.07) is 12.2. The Morgan fingerprint density at radius 1 is 0.750 bits per heavy atom. The molecule has 0 spiro atoms. The van der Waals surface area contributed by atoms with Crippen molar-refractivity contribution in [2.24, 2.45) is 0 Å². The first-order valence-electron chi connectivity index (χ1n) is 7.47. The molecule has 0 atom stereocenters. The Balaban J connectivity index is 0.000000169. The van der Waals surface area contributed by atoms with E-state index in [4.69, 9.17) is 9.90 Å². The van der Waals surface area contributed by atoms with Gasteiger partial charge in [-0.15, -0.1) is 0 Å². The number of aliphatic carboxylic acids is 1. The van der Waals surface area contributed by atoms with Crippen LogP contribution in [0.5, 0.6) is 0 Å². The van der Waals surface area contributed by atoms with Crippen molar-refractivity contribution in [2.45, 2.75) is 16.7 Å². The van der Waals surface area contributed by atoms with Gasteiger partial charge in [0, 0.05) is 6.92 Å². The van der Waals surface area contributed by atoms with Gasteiger partial charge in [0.15, 0.2) is 0 Å². The third-order valence-electron chi connectivity index (χ3n) is 3.30. The molecule has 4 rings (SSSR count). The van der Waals surface area contributed by atoms with E-state index in [1.165, 1.54) is 24.3 Å². The van der Waals surface area contributed by atoms with Gasteiger partial charge >= 0.3 is 0 Å². The van der Waals surface area contributed by atoms with Crippen molar-refractivity contribution in [1.29, 1.82) is 0 Å². The van der Waals surface area contributed by atoms with E-state index in [-0.39, 0.29) is 20.9 Å². The summed E-state index contributed by atoms with van der Waals surface area (Å²) in [5.41, 5.74) is 0.440. The van der Waals surface area contributed by atoms with Crippen LogP contribution in [0.25, 0.3) is 0 Å². The van der Waals surface area contributed by atoms with Crippen molar-refractivity contribution in [1.82, 2.24) is 9.44 Å². The monoisotopic (exact) mass is 426 g/mol. The SMILES string of the molecule is CC(=O)O.O=C1NS(=O)(=O)c2ccccc21.O=C1NS(=O)(=O)c2ccccc21. The molecular weight excluding hydrogens is 412 g/mol. The maximum Gasteiger partial charge on any atom is 0.300 e. The van der Waals surface area contributed by atoms with E-state index < -0.39 is 37.8 Å². The number of carbonyl (C=O) groups excluding carboxylic acids is 2. The molecule has 2 aromatic rings. The fourth-order valence-electron chi connectivity index (χ4n) is 2.24. The average Bonchev–Trinajstić information content (AvgIpc) is 2.98. The molecule has 148 valence electrons. The normalized spacial score (nSPS) is 16.8. The van der Waals surface area contributed by atoms with E-state index in [1.807, 2.05) is 9.44 Å². The second-order valence-electron chi connectivity index (χ2n) is 5.38. The minimum absolute atomic E-state index is 0.0648. The van der Waals surface area contributed by atoms with Crippen molar-refractivity contribution in [3.63, 3.8) is 0 Å². The Morgan fingerprint density at radius 3 is 1.32 bits per heavy atom. The number of carboxylic acid groups (broad SMARTS) is 1. The summed E-state index contributed by atoms with van der Waals surface area (Å²) < 4.78 is 48.3. The molecule has 0 bridgehead atoms. The Kier molecular flexibility index (Phi) is 5.85. The predicted octanol–water partition coefficient (Wildman–Crippen LogP) is 0.328. The molecule has 2 amide bonds. The van der Waals surface area contributed by atoms with Gasteiger partial charge in [-0.05, 0) is 24.3 Å². The van der Waals surface area contributed by atoms with Crippen molar-refractivity contribution < 1.29 is 36.3 Å². The largest absolute Gasteiger partial charge is 0.481 e. The highest BCUT2D eigenvalue weighted by Crippen LogP contribution is 2.21. The molecule has 2 aromatic carbocycles. The van der Waals surface area contributed by atoms with E-state index in [1.54, 1.807) is 24.3 Å². The van der Waals surface area contributed by atoms with E-state index in [2.05, 4.69) is 0 Å². The molecule has 10 nitrogen and oxygen atoms in total. The number of fused-ring (bicyclic) bond motifs is 2. The summed E-state index contributed by atoms with van der Waals surface area (Å²) in [6.45, 7) is 1.08. The van der Waals surface area contributed by atoms with Crippen molar-refractivity contribution in [2.75, 3.05) is 0 Å². The quantitative estimate of drug-likeness (QED) is 0.542. The van der Waals surface area contributed by atoms with Crippen LogP contribution in [0, 0.1) is 0 Å². The predicted molar refractivity (Wildman–Crippen MR) is 95.5 cm³/mol. The molecule has 3 N–H and O–H groups in total. The fraction of sp³-hybridized carbons (Fsp3) is 0.0625. The fourth-order valence-corrected chi connectivity index (χ4v) is 4.59. The standard InChI is InChI=1S/2C7H5NO3S.C2H4O2/c2*9-7-5-3-1-2-4-6(5)12(10,11)8-7;1-2(3)4/h2*1-4H,(H,8,9);1H3,(H,3,4). The van der Waals surface area contributed by atoms with Crippen LogP contribution < -0.4 is 9.44 Å². The first-order valence-corrected chi connectivity index (χ1v) is 10.4. The van der Waals surface area contributed by atoms with Crippen LogP contribution in [0.2, 0.25) is 0 Å². The number of sulfonamides is 2. The topological polar surface area (TPSA) is 164 Å². The van der Waals surface area contributed by atoms with Crippen LogP contribution in [0.4, 0.5) is 0 Å². The van der Waals surface area contributed by atoms with E-state index in [0.717, 1.165) is 6.92 Å². The highest BCUT2D eigenvalue weighted by atomic mass is 32.2. The third-order valence-corrected chi connectivity index (χ3v) is 6.07. The zero-order valence-corrected chi connectivity index (χ0v) is 15.9. The summed E-state index contributed by atoms with van der Waals surface area (Å²) in [6.07, 6.45) is 0. The van der Waals surface area contributed by atoms with Crippen LogP contribution in [-0.4, -0.2) is 39.7 Å². The Bertz CT molecular complexity index is 1080. The summed E-state index contributed by atoms with van der Waals surface area (Å²) in [4.78, 5) is 31.1. The maximum atomic E-state index is 11.1. The molecule has 2 heterocycles. The van der Waals surface area contributed by atoms with E-state index in [0.29, 0.717) is 0 Å². The molecule has 0 saturated heterocycles. The highest BCUT2D eigenvalue weighted by Gasteiger charge is 2.32. The molecule has 0 radical (unpaired) electrons. The molecule has 0 unspecified atom stereocenters. The molecule has 12 heteroatoms. The molecule has 28 heavy (non-hydrogen) atoms. The summed E-state index contributed by atoms with van der Waals surface area (Å²) in [5.74, 6) is -1.93. The van der Waals surface area contributed by atoms with Crippen LogP contribution in [0.1, 0.15) is 27.6 Å².